The SMILES string of the molecule is CC(C)NC1=NS(=O)(=O)c2cc(Cl)ccc2N1C. The fourth-order valence-electron chi connectivity index (χ4n) is 1.69. The first-order chi connectivity index (χ1) is 8.31. The molecule has 2 rings (SSSR count). The number of benzene rings is 1. The van der Waals surface area contributed by atoms with Gasteiger partial charge in [-0.1, -0.05) is 11.6 Å². The first-order valence-electron chi connectivity index (χ1n) is 5.46. The fourth-order valence-corrected chi connectivity index (χ4v) is 3.17. The maximum atomic E-state index is 12.0. The standard InChI is InChI=1S/C11H14ClN3O2S/c1-7(2)13-11-14-18(16,17)10-6-8(12)4-5-9(10)15(11)3/h4-7H,1-3H3,(H,13,14). The van der Waals surface area contributed by atoms with E-state index in [1.54, 1.807) is 24.1 Å². The van der Waals surface area contributed by atoms with Gasteiger partial charge in [-0.25, -0.2) is 0 Å². The highest BCUT2D eigenvalue weighted by Gasteiger charge is 2.29. The van der Waals surface area contributed by atoms with Crippen LogP contribution in [0.3, 0.4) is 0 Å². The van der Waals surface area contributed by atoms with Crippen molar-refractivity contribution in [3.05, 3.63) is 23.2 Å². The number of hydrogen-bond acceptors (Lipinski definition) is 4. The zero-order valence-electron chi connectivity index (χ0n) is 10.3. The van der Waals surface area contributed by atoms with Crippen molar-refractivity contribution in [1.82, 2.24) is 5.32 Å². The molecule has 0 radical (unpaired) electrons. The van der Waals surface area contributed by atoms with Crippen LogP contribution < -0.4 is 10.2 Å². The molecule has 0 aliphatic carbocycles. The number of rotatable bonds is 1. The van der Waals surface area contributed by atoms with Crippen molar-refractivity contribution in [1.29, 1.82) is 0 Å². The molecule has 0 saturated carbocycles. The second-order valence-corrected chi connectivity index (χ2v) is 6.37. The Morgan fingerprint density at radius 3 is 2.67 bits per heavy atom. The van der Waals surface area contributed by atoms with E-state index < -0.39 is 10.0 Å². The summed E-state index contributed by atoms with van der Waals surface area (Å²) in [7, 11) is -1.93. The molecule has 1 aliphatic heterocycles. The number of nitrogens with one attached hydrogen (secondary N) is 1. The summed E-state index contributed by atoms with van der Waals surface area (Å²) in [4.78, 5) is 1.83. The topological polar surface area (TPSA) is 61.8 Å². The van der Waals surface area contributed by atoms with Crippen LogP contribution in [0.1, 0.15) is 13.8 Å². The smallest absolute Gasteiger partial charge is 0.287 e. The summed E-state index contributed by atoms with van der Waals surface area (Å²) in [5.74, 6) is 0.319. The first-order valence-corrected chi connectivity index (χ1v) is 7.28. The second-order valence-electron chi connectivity index (χ2n) is 4.36. The average molecular weight is 288 g/mol. The van der Waals surface area contributed by atoms with E-state index in [2.05, 4.69) is 9.71 Å². The van der Waals surface area contributed by atoms with Crippen LogP contribution in [0.5, 0.6) is 0 Å². The van der Waals surface area contributed by atoms with E-state index in [1.807, 2.05) is 13.8 Å². The van der Waals surface area contributed by atoms with Gasteiger partial charge in [-0.3, -0.25) is 0 Å². The number of guanidine groups is 1. The molecule has 0 spiro atoms. The van der Waals surface area contributed by atoms with E-state index in [0.29, 0.717) is 16.7 Å². The van der Waals surface area contributed by atoms with Crippen LogP contribution in [0.25, 0.3) is 0 Å². The number of fused-ring (bicyclic) bond motifs is 1. The van der Waals surface area contributed by atoms with Gasteiger partial charge >= 0.3 is 0 Å². The molecular weight excluding hydrogens is 274 g/mol. The zero-order chi connectivity index (χ0) is 13.5. The van der Waals surface area contributed by atoms with Gasteiger partial charge in [0.05, 0.1) is 5.69 Å². The van der Waals surface area contributed by atoms with E-state index in [4.69, 9.17) is 11.6 Å². The number of anilines is 1. The van der Waals surface area contributed by atoms with Crippen LogP contribution in [-0.4, -0.2) is 27.5 Å². The average Bonchev–Trinajstić information content (AvgIpc) is 2.24. The quantitative estimate of drug-likeness (QED) is 0.856. The van der Waals surface area contributed by atoms with Crippen molar-refractivity contribution in [2.24, 2.45) is 4.40 Å². The maximum Gasteiger partial charge on any atom is 0.287 e. The number of sulfonamides is 1. The lowest BCUT2D eigenvalue weighted by molar-refractivity contribution is 0.596. The normalized spacial score (nSPS) is 17.4. The largest absolute Gasteiger partial charge is 0.353 e. The Hall–Kier alpha value is -1.27. The molecule has 1 aromatic carbocycles. The van der Waals surface area contributed by atoms with E-state index in [-0.39, 0.29) is 10.9 Å². The molecule has 0 saturated heterocycles. The minimum absolute atomic E-state index is 0.0928. The van der Waals surface area contributed by atoms with Gasteiger partial charge in [0.15, 0.2) is 0 Å². The van der Waals surface area contributed by atoms with E-state index >= 15 is 0 Å². The molecule has 1 N–H and O–H groups in total. The predicted molar refractivity (Wildman–Crippen MR) is 72.7 cm³/mol. The van der Waals surface area contributed by atoms with Crippen molar-refractivity contribution in [2.45, 2.75) is 24.8 Å². The van der Waals surface area contributed by atoms with Gasteiger partial charge in [0, 0.05) is 18.1 Å². The van der Waals surface area contributed by atoms with Crippen LogP contribution in [0.2, 0.25) is 5.02 Å². The van der Waals surface area contributed by atoms with Gasteiger partial charge in [0.2, 0.25) is 5.96 Å². The van der Waals surface area contributed by atoms with Crippen molar-refractivity contribution in [3.8, 4) is 0 Å². The Morgan fingerprint density at radius 1 is 1.39 bits per heavy atom. The molecule has 0 amide bonds. The third-order valence-electron chi connectivity index (χ3n) is 2.50. The third-order valence-corrected chi connectivity index (χ3v) is 4.03. The van der Waals surface area contributed by atoms with Gasteiger partial charge in [-0.15, -0.1) is 4.40 Å². The van der Waals surface area contributed by atoms with Crippen LogP contribution in [0.4, 0.5) is 5.69 Å². The molecular formula is C11H14ClN3O2S. The molecule has 5 nitrogen and oxygen atoms in total. The van der Waals surface area contributed by atoms with Crippen molar-refractivity contribution in [3.63, 3.8) is 0 Å². The Morgan fingerprint density at radius 2 is 2.06 bits per heavy atom. The lowest BCUT2D eigenvalue weighted by atomic mass is 10.3. The van der Waals surface area contributed by atoms with Crippen LogP contribution in [0, 0.1) is 0 Å². The van der Waals surface area contributed by atoms with Crippen molar-refractivity contribution in [2.75, 3.05) is 11.9 Å². The molecule has 0 fully saturated rings. The maximum absolute atomic E-state index is 12.0. The highest BCUT2D eigenvalue weighted by Crippen LogP contribution is 2.32. The molecule has 0 atom stereocenters. The second kappa shape index (κ2) is 4.44. The number of nitrogens with zero attached hydrogens (tertiary/aromatic N) is 2. The highest BCUT2D eigenvalue weighted by atomic mass is 35.5. The number of halogens is 1. The summed E-state index contributed by atoms with van der Waals surface area (Å²) in [6.45, 7) is 3.83. The summed E-state index contributed by atoms with van der Waals surface area (Å²) in [5.41, 5.74) is 0.567. The molecule has 98 valence electrons. The first kappa shape index (κ1) is 13.2. The summed E-state index contributed by atoms with van der Waals surface area (Å²) in [6, 6.07) is 4.84. The molecule has 7 heteroatoms. The summed E-state index contributed by atoms with van der Waals surface area (Å²) >= 11 is 5.83. The predicted octanol–water partition coefficient (Wildman–Crippen LogP) is 1.83. The Labute approximate surface area is 112 Å². The third kappa shape index (κ3) is 2.30. The Balaban J connectivity index is 2.57. The minimum atomic E-state index is -3.69. The van der Waals surface area contributed by atoms with E-state index in [0.717, 1.165) is 0 Å². The molecule has 1 aliphatic rings. The Kier molecular flexibility index (Phi) is 3.25. The molecule has 1 aromatic rings. The van der Waals surface area contributed by atoms with Gasteiger partial charge in [0.25, 0.3) is 10.0 Å². The van der Waals surface area contributed by atoms with Crippen molar-refractivity contribution >= 4 is 33.3 Å². The van der Waals surface area contributed by atoms with Gasteiger partial charge < -0.3 is 10.2 Å². The van der Waals surface area contributed by atoms with Crippen molar-refractivity contribution < 1.29 is 8.42 Å². The van der Waals surface area contributed by atoms with Gasteiger partial charge in [0.1, 0.15) is 4.90 Å². The van der Waals surface area contributed by atoms with E-state index in [1.165, 1.54) is 6.07 Å². The molecule has 0 aromatic heterocycles. The summed E-state index contributed by atoms with van der Waals surface area (Å²) < 4.78 is 27.9. The summed E-state index contributed by atoms with van der Waals surface area (Å²) in [6.07, 6.45) is 0. The molecule has 18 heavy (non-hydrogen) atoms. The van der Waals surface area contributed by atoms with E-state index in [9.17, 15) is 8.42 Å². The van der Waals surface area contributed by atoms with Crippen LogP contribution in [0.15, 0.2) is 27.5 Å². The lowest BCUT2D eigenvalue weighted by Crippen LogP contribution is -2.45. The minimum Gasteiger partial charge on any atom is -0.353 e. The lowest BCUT2D eigenvalue weighted by Gasteiger charge is -2.28. The van der Waals surface area contributed by atoms with Gasteiger partial charge in [-0.05, 0) is 32.0 Å². The molecule has 0 unspecified atom stereocenters. The molecule has 0 bridgehead atoms. The molecule has 1 heterocycles. The van der Waals surface area contributed by atoms with Crippen LogP contribution >= 0.6 is 11.6 Å². The van der Waals surface area contributed by atoms with Crippen LogP contribution in [-0.2, 0) is 10.0 Å². The monoisotopic (exact) mass is 287 g/mol. The zero-order valence-corrected chi connectivity index (χ0v) is 11.9. The van der Waals surface area contributed by atoms with Gasteiger partial charge in [-0.2, -0.15) is 8.42 Å². The summed E-state index contributed by atoms with van der Waals surface area (Å²) in [5, 5.41) is 3.38. The Bertz CT molecular complexity index is 611. The fraction of sp³-hybridized carbons (Fsp3) is 0.364. The number of hydrogen-bond donors (Lipinski definition) is 1. The highest BCUT2D eigenvalue weighted by molar-refractivity contribution is 7.90.